The molecular weight excluding hydrogens is 346 g/mol. The Hall–Kier alpha value is -3.12. The number of ether oxygens (including phenoxy) is 5. The van der Waals surface area contributed by atoms with E-state index in [9.17, 15) is 0 Å². The number of benzene rings is 3. The van der Waals surface area contributed by atoms with E-state index in [0.29, 0.717) is 0 Å². The van der Waals surface area contributed by atoms with Gasteiger partial charge in [0.1, 0.15) is 0 Å². The molecule has 3 aromatic carbocycles. The van der Waals surface area contributed by atoms with Crippen molar-refractivity contribution in [2.24, 2.45) is 0 Å². The van der Waals surface area contributed by atoms with Gasteiger partial charge in [-0.05, 0) is 35.2 Å². The summed E-state index contributed by atoms with van der Waals surface area (Å²) in [6.07, 6.45) is -0.278. The number of anilines is 1. The van der Waals surface area contributed by atoms with Gasteiger partial charge in [0.05, 0.1) is 11.3 Å². The Morgan fingerprint density at radius 2 is 1.63 bits per heavy atom. The summed E-state index contributed by atoms with van der Waals surface area (Å²) in [5.74, 6) is 3.09. The lowest BCUT2D eigenvalue weighted by Crippen LogP contribution is -2.30. The third-order valence-electron chi connectivity index (χ3n) is 5.53. The van der Waals surface area contributed by atoms with Crippen LogP contribution in [-0.4, -0.2) is 27.7 Å². The lowest BCUT2D eigenvalue weighted by Gasteiger charge is -2.37. The monoisotopic (exact) mass is 363 g/mol. The quantitative estimate of drug-likeness (QED) is 0.650. The van der Waals surface area contributed by atoms with E-state index in [1.807, 2.05) is 19.2 Å². The molecule has 136 valence electrons. The van der Waals surface area contributed by atoms with Crippen molar-refractivity contribution in [3.63, 3.8) is 0 Å². The van der Waals surface area contributed by atoms with Crippen LogP contribution in [-0.2, 0) is 4.74 Å². The fraction of sp³-hybridized carbons (Fsp3) is 0.238. The first kappa shape index (κ1) is 15.0. The Morgan fingerprint density at radius 3 is 2.48 bits per heavy atom. The van der Waals surface area contributed by atoms with E-state index in [2.05, 4.69) is 29.2 Å². The van der Waals surface area contributed by atoms with Crippen LogP contribution < -0.4 is 23.8 Å². The maximum atomic E-state index is 5.89. The third-order valence-corrected chi connectivity index (χ3v) is 5.53. The van der Waals surface area contributed by atoms with Gasteiger partial charge < -0.3 is 28.6 Å². The summed E-state index contributed by atoms with van der Waals surface area (Å²) in [5.41, 5.74) is 4.33. The molecule has 0 radical (unpaired) electrons. The second-order valence-electron chi connectivity index (χ2n) is 6.85. The summed E-state index contributed by atoms with van der Waals surface area (Å²) in [6, 6.07) is 12.4. The van der Waals surface area contributed by atoms with Crippen LogP contribution in [0.2, 0.25) is 0 Å². The van der Waals surface area contributed by atoms with Crippen molar-refractivity contribution < 1.29 is 23.7 Å². The molecule has 0 spiro atoms. The molecule has 27 heavy (non-hydrogen) atoms. The van der Waals surface area contributed by atoms with E-state index in [1.54, 1.807) is 7.11 Å². The average molecular weight is 363 g/mol. The number of rotatable bonds is 1. The fourth-order valence-electron chi connectivity index (χ4n) is 4.36. The molecule has 3 aromatic rings. The summed E-state index contributed by atoms with van der Waals surface area (Å²) < 4.78 is 28.4. The van der Waals surface area contributed by atoms with Crippen LogP contribution in [0.1, 0.15) is 11.8 Å². The van der Waals surface area contributed by atoms with Gasteiger partial charge in [0.25, 0.3) is 0 Å². The molecule has 0 saturated heterocycles. The van der Waals surface area contributed by atoms with Gasteiger partial charge >= 0.3 is 0 Å². The van der Waals surface area contributed by atoms with Crippen molar-refractivity contribution in [3.8, 4) is 34.1 Å². The SMILES string of the molecule is CO[C@@H]1c2c(ccc3c2OCO3)-c2ccc3cc4c(cc3c2N1C)OCO4. The number of methoxy groups -OCH3 is 1. The standard InChI is InChI=1S/C21H17NO5/c1-22-19-13(4-3-11-7-16-17(8-14(11)19)26-9-25-16)12-5-6-15-20(27-10-24-15)18(12)21(22)23-2/h3-8,21H,9-10H2,1-2H3/t21-/m1/s1. The molecule has 0 aromatic heterocycles. The molecular formula is C21H17NO5. The highest BCUT2D eigenvalue weighted by molar-refractivity contribution is 6.05. The molecule has 0 aliphatic carbocycles. The first-order valence-electron chi connectivity index (χ1n) is 8.81. The summed E-state index contributed by atoms with van der Waals surface area (Å²) in [6.45, 7) is 0.497. The molecule has 6 nitrogen and oxygen atoms in total. The summed E-state index contributed by atoms with van der Waals surface area (Å²) >= 11 is 0. The predicted molar refractivity (Wildman–Crippen MR) is 99.8 cm³/mol. The van der Waals surface area contributed by atoms with Crippen molar-refractivity contribution in [1.29, 1.82) is 0 Å². The predicted octanol–water partition coefficient (Wildman–Crippen LogP) is 4.06. The van der Waals surface area contributed by atoms with E-state index < -0.39 is 0 Å². The van der Waals surface area contributed by atoms with Gasteiger partial charge in [0.15, 0.2) is 29.2 Å². The fourth-order valence-corrected chi connectivity index (χ4v) is 4.36. The maximum Gasteiger partial charge on any atom is 0.231 e. The molecule has 3 heterocycles. The molecule has 0 fully saturated rings. The zero-order valence-electron chi connectivity index (χ0n) is 14.9. The normalized spacial score (nSPS) is 18.6. The highest BCUT2D eigenvalue weighted by Crippen LogP contribution is 2.54. The zero-order valence-corrected chi connectivity index (χ0v) is 14.9. The molecule has 6 rings (SSSR count). The number of fused-ring (bicyclic) bond motifs is 8. The van der Waals surface area contributed by atoms with E-state index in [-0.39, 0.29) is 19.8 Å². The largest absolute Gasteiger partial charge is 0.454 e. The van der Waals surface area contributed by atoms with Crippen LogP contribution in [0.15, 0.2) is 36.4 Å². The highest BCUT2D eigenvalue weighted by Gasteiger charge is 2.36. The summed E-state index contributed by atoms with van der Waals surface area (Å²) in [5, 5.41) is 2.20. The average Bonchev–Trinajstić information content (AvgIpc) is 3.34. The first-order valence-corrected chi connectivity index (χ1v) is 8.81. The Morgan fingerprint density at radius 1 is 0.889 bits per heavy atom. The molecule has 3 aliphatic rings. The Bertz CT molecular complexity index is 1110. The zero-order chi connectivity index (χ0) is 18.1. The van der Waals surface area contributed by atoms with Crippen LogP contribution in [0.3, 0.4) is 0 Å². The van der Waals surface area contributed by atoms with Crippen LogP contribution >= 0.6 is 0 Å². The van der Waals surface area contributed by atoms with Gasteiger partial charge in [-0.1, -0.05) is 12.1 Å². The van der Waals surface area contributed by atoms with Crippen LogP contribution in [0.25, 0.3) is 21.9 Å². The van der Waals surface area contributed by atoms with Crippen LogP contribution in [0.5, 0.6) is 23.0 Å². The minimum atomic E-state index is -0.278. The van der Waals surface area contributed by atoms with Crippen molar-refractivity contribution in [2.45, 2.75) is 6.23 Å². The minimum absolute atomic E-state index is 0.236. The van der Waals surface area contributed by atoms with Crippen LogP contribution in [0.4, 0.5) is 5.69 Å². The smallest absolute Gasteiger partial charge is 0.231 e. The molecule has 0 unspecified atom stereocenters. The molecule has 0 bridgehead atoms. The molecule has 1 atom stereocenters. The number of hydrogen-bond donors (Lipinski definition) is 0. The summed E-state index contributed by atoms with van der Waals surface area (Å²) in [4.78, 5) is 2.14. The first-order chi connectivity index (χ1) is 13.3. The van der Waals surface area contributed by atoms with Gasteiger partial charge in [-0.15, -0.1) is 0 Å². The van der Waals surface area contributed by atoms with Crippen molar-refractivity contribution in [2.75, 3.05) is 32.6 Å². The Labute approximate surface area is 155 Å². The summed E-state index contributed by atoms with van der Waals surface area (Å²) in [7, 11) is 3.75. The lowest BCUT2D eigenvalue weighted by atomic mass is 9.88. The van der Waals surface area contributed by atoms with Gasteiger partial charge in [0.2, 0.25) is 13.6 Å². The van der Waals surface area contributed by atoms with Crippen molar-refractivity contribution >= 4 is 16.5 Å². The van der Waals surface area contributed by atoms with Crippen molar-refractivity contribution in [3.05, 3.63) is 42.0 Å². The third kappa shape index (κ3) is 1.88. The number of nitrogens with zero attached hydrogens (tertiary/aromatic N) is 1. The minimum Gasteiger partial charge on any atom is -0.454 e. The van der Waals surface area contributed by atoms with Crippen molar-refractivity contribution in [1.82, 2.24) is 0 Å². The van der Waals surface area contributed by atoms with Gasteiger partial charge in [-0.2, -0.15) is 0 Å². The van der Waals surface area contributed by atoms with E-state index in [0.717, 1.165) is 56.1 Å². The van der Waals surface area contributed by atoms with E-state index in [4.69, 9.17) is 23.7 Å². The molecule has 0 amide bonds. The topological polar surface area (TPSA) is 49.4 Å². The van der Waals surface area contributed by atoms with Gasteiger partial charge in [-0.25, -0.2) is 0 Å². The maximum absolute atomic E-state index is 5.89. The Balaban J connectivity index is 1.68. The molecule has 0 saturated carbocycles. The van der Waals surface area contributed by atoms with Crippen LogP contribution in [0, 0.1) is 0 Å². The van der Waals surface area contributed by atoms with Gasteiger partial charge in [-0.3, -0.25) is 0 Å². The lowest BCUT2D eigenvalue weighted by molar-refractivity contribution is 0.0993. The second-order valence-corrected chi connectivity index (χ2v) is 6.85. The molecule has 3 aliphatic heterocycles. The van der Waals surface area contributed by atoms with E-state index >= 15 is 0 Å². The second kappa shape index (κ2) is 5.20. The van der Waals surface area contributed by atoms with Gasteiger partial charge in [0, 0.05) is 25.1 Å². The number of hydrogen-bond acceptors (Lipinski definition) is 6. The molecule has 0 N–H and O–H groups in total. The highest BCUT2D eigenvalue weighted by atomic mass is 16.7. The molecule has 6 heteroatoms. The Kier molecular flexibility index (Phi) is 2.89. The van der Waals surface area contributed by atoms with E-state index in [1.165, 1.54) is 0 Å².